The Labute approximate surface area is 108 Å². The van der Waals surface area contributed by atoms with Gasteiger partial charge in [0.1, 0.15) is 0 Å². The van der Waals surface area contributed by atoms with Crippen molar-refractivity contribution in [3.63, 3.8) is 0 Å². The smallest absolute Gasteiger partial charge is 0.0270 e. The number of benzene rings is 1. The largest absolute Gasteiger partial charge is 0.393 e. The van der Waals surface area contributed by atoms with E-state index >= 15 is 0 Å². The van der Waals surface area contributed by atoms with Gasteiger partial charge in [0.15, 0.2) is 0 Å². The van der Waals surface area contributed by atoms with Crippen LogP contribution in [0.1, 0.15) is 29.5 Å². The Morgan fingerprint density at radius 3 is 2.94 bits per heavy atom. The third kappa shape index (κ3) is 1.51. The molecule has 0 heterocycles. The van der Waals surface area contributed by atoms with Crippen LogP contribution >= 0.6 is 0 Å². The van der Waals surface area contributed by atoms with Gasteiger partial charge in [0.05, 0.1) is 0 Å². The van der Waals surface area contributed by atoms with E-state index in [1.807, 2.05) is 13.2 Å². The number of aryl methyl sites for hydroxylation is 1. The van der Waals surface area contributed by atoms with Gasteiger partial charge in [-0.1, -0.05) is 18.2 Å². The Morgan fingerprint density at radius 2 is 2.33 bits per heavy atom. The maximum Gasteiger partial charge on any atom is 0.0270 e. The normalized spacial score (nSPS) is 29.2. The molecular formula is C15H19N3. The summed E-state index contributed by atoms with van der Waals surface area (Å²) >= 11 is 0. The van der Waals surface area contributed by atoms with Gasteiger partial charge in [-0.2, -0.15) is 0 Å². The zero-order chi connectivity index (χ0) is 12.8. The summed E-state index contributed by atoms with van der Waals surface area (Å²) in [6, 6.07) is 6.90. The van der Waals surface area contributed by atoms with Crippen molar-refractivity contribution in [2.75, 3.05) is 7.05 Å². The highest BCUT2D eigenvalue weighted by Crippen LogP contribution is 2.55. The number of nitrogens with one attached hydrogen (secondary N) is 2. The van der Waals surface area contributed by atoms with Crippen LogP contribution in [0.2, 0.25) is 0 Å². The molecule has 0 aliphatic heterocycles. The van der Waals surface area contributed by atoms with E-state index in [4.69, 9.17) is 11.1 Å². The van der Waals surface area contributed by atoms with E-state index in [1.54, 1.807) is 0 Å². The standard InChI is InChI=1S/C15H19N3/c1-18-9-12(8-16)11-3-2-10-4-5-15(7-14(15)17)13(10)6-11/h2-3,6,8-9,14,16,18H,4-5,7,17H2,1H3/b12-9+,16-8?. The second kappa shape index (κ2) is 3.95. The molecule has 3 nitrogen and oxygen atoms in total. The van der Waals surface area contributed by atoms with E-state index in [0.29, 0.717) is 6.04 Å². The van der Waals surface area contributed by atoms with Crippen molar-refractivity contribution in [3.8, 4) is 0 Å². The van der Waals surface area contributed by atoms with Crippen LogP contribution in [-0.2, 0) is 11.8 Å². The van der Waals surface area contributed by atoms with Crippen LogP contribution in [0.3, 0.4) is 0 Å². The monoisotopic (exact) mass is 241 g/mol. The van der Waals surface area contributed by atoms with Gasteiger partial charge in [0, 0.05) is 36.5 Å². The minimum atomic E-state index is 0.262. The molecule has 0 aromatic heterocycles. The summed E-state index contributed by atoms with van der Waals surface area (Å²) in [7, 11) is 1.86. The number of allylic oxidation sites excluding steroid dienone is 1. The highest BCUT2D eigenvalue weighted by molar-refractivity contribution is 6.08. The molecule has 1 spiro atoms. The minimum absolute atomic E-state index is 0.262. The molecule has 2 aliphatic carbocycles. The van der Waals surface area contributed by atoms with Crippen molar-refractivity contribution in [1.82, 2.24) is 5.32 Å². The Morgan fingerprint density at radius 1 is 1.56 bits per heavy atom. The van der Waals surface area contributed by atoms with Crippen molar-refractivity contribution in [3.05, 3.63) is 41.1 Å². The first-order chi connectivity index (χ1) is 8.71. The summed E-state index contributed by atoms with van der Waals surface area (Å²) in [5, 5.41) is 10.5. The fourth-order valence-electron chi connectivity index (χ4n) is 3.22. The summed E-state index contributed by atoms with van der Waals surface area (Å²) in [4.78, 5) is 0. The lowest BCUT2D eigenvalue weighted by Crippen LogP contribution is -2.15. The van der Waals surface area contributed by atoms with E-state index in [1.165, 1.54) is 23.8 Å². The van der Waals surface area contributed by atoms with Crippen molar-refractivity contribution in [2.24, 2.45) is 5.73 Å². The van der Waals surface area contributed by atoms with Crippen molar-refractivity contribution < 1.29 is 0 Å². The first kappa shape index (κ1) is 11.5. The van der Waals surface area contributed by atoms with Crippen LogP contribution in [0.15, 0.2) is 24.4 Å². The molecule has 1 saturated carbocycles. The molecule has 2 unspecified atom stereocenters. The molecule has 0 amide bonds. The minimum Gasteiger partial charge on any atom is -0.393 e. The number of rotatable bonds is 3. The number of hydrogen-bond acceptors (Lipinski definition) is 3. The number of hydrogen-bond donors (Lipinski definition) is 3. The van der Waals surface area contributed by atoms with Gasteiger partial charge in [-0.15, -0.1) is 0 Å². The van der Waals surface area contributed by atoms with Gasteiger partial charge >= 0.3 is 0 Å². The SMILES string of the molecule is CN/C=C(\C=N)c1ccc2c(c1)C1(CC2)CC1N. The maximum absolute atomic E-state index is 7.49. The number of nitrogens with two attached hydrogens (primary N) is 1. The Kier molecular flexibility index (Phi) is 2.52. The molecule has 4 N–H and O–H groups in total. The third-order valence-electron chi connectivity index (χ3n) is 4.41. The lowest BCUT2D eigenvalue weighted by molar-refractivity contribution is 0.651. The third-order valence-corrected chi connectivity index (χ3v) is 4.41. The Bertz CT molecular complexity index is 533. The molecule has 0 radical (unpaired) electrons. The van der Waals surface area contributed by atoms with E-state index in [0.717, 1.165) is 24.0 Å². The van der Waals surface area contributed by atoms with Gasteiger partial charge in [0.25, 0.3) is 0 Å². The molecule has 1 aromatic rings. The molecule has 3 heteroatoms. The van der Waals surface area contributed by atoms with E-state index < -0.39 is 0 Å². The molecule has 1 aromatic carbocycles. The zero-order valence-corrected chi connectivity index (χ0v) is 10.7. The average Bonchev–Trinajstić information content (AvgIpc) is 2.90. The Hall–Kier alpha value is -1.61. The predicted molar refractivity (Wildman–Crippen MR) is 74.9 cm³/mol. The highest BCUT2D eigenvalue weighted by Gasteiger charge is 2.56. The van der Waals surface area contributed by atoms with Crippen molar-refractivity contribution >= 4 is 11.8 Å². The van der Waals surface area contributed by atoms with Crippen LogP contribution in [0.4, 0.5) is 0 Å². The summed E-state index contributed by atoms with van der Waals surface area (Å²) in [5.74, 6) is 0. The van der Waals surface area contributed by atoms with Crippen LogP contribution in [0.5, 0.6) is 0 Å². The number of fused-ring (bicyclic) bond motifs is 2. The van der Waals surface area contributed by atoms with Gasteiger partial charge in [0.2, 0.25) is 0 Å². The topological polar surface area (TPSA) is 61.9 Å². The summed E-state index contributed by atoms with van der Waals surface area (Å²) in [5.41, 5.74) is 11.3. The second-order valence-electron chi connectivity index (χ2n) is 5.37. The van der Waals surface area contributed by atoms with Crippen LogP contribution in [0, 0.1) is 5.41 Å². The molecule has 18 heavy (non-hydrogen) atoms. The highest BCUT2D eigenvalue weighted by atomic mass is 14.8. The molecule has 0 bridgehead atoms. The lowest BCUT2D eigenvalue weighted by atomic mass is 9.94. The van der Waals surface area contributed by atoms with Gasteiger partial charge in [-0.05, 0) is 36.0 Å². The fourth-order valence-corrected chi connectivity index (χ4v) is 3.22. The Balaban J connectivity index is 2.04. The molecule has 2 atom stereocenters. The predicted octanol–water partition coefficient (Wildman–Crippen LogP) is 1.81. The first-order valence-electron chi connectivity index (χ1n) is 6.48. The van der Waals surface area contributed by atoms with Gasteiger partial charge in [-0.25, -0.2) is 0 Å². The van der Waals surface area contributed by atoms with Crippen LogP contribution in [0.25, 0.3) is 5.57 Å². The summed E-state index contributed by atoms with van der Waals surface area (Å²) < 4.78 is 0. The van der Waals surface area contributed by atoms with Gasteiger partial charge in [-0.3, -0.25) is 0 Å². The average molecular weight is 241 g/mol. The zero-order valence-electron chi connectivity index (χ0n) is 10.7. The molecule has 3 rings (SSSR count). The summed E-state index contributed by atoms with van der Waals surface area (Å²) in [6.45, 7) is 0. The lowest BCUT2D eigenvalue weighted by Gasteiger charge is -2.12. The van der Waals surface area contributed by atoms with Crippen LogP contribution < -0.4 is 11.1 Å². The molecule has 0 saturated heterocycles. The molecular weight excluding hydrogens is 222 g/mol. The van der Waals surface area contributed by atoms with E-state index in [2.05, 4.69) is 23.5 Å². The van der Waals surface area contributed by atoms with Crippen LogP contribution in [-0.4, -0.2) is 19.3 Å². The van der Waals surface area contributed by atoms with Crippen molar-refractivity contribution in [1.29, 1.82) is 5.41 Å². The molecule has 1 fully saturated rings. The van der Waals surface area contributed by atoms with Gasteiger partial charge < -0.3 is 16.5 Å². The quantitative estimate of drug-likeness (QED) is 0.707. The van der Waals surface area contributed by atoms with E-state index in [9.17, 15) is 0 Å². The first-order valence-corrected chi connectivity index (χ1v) is 6.48. The summed E-state index contributed by atoms with van der Waals surface area (Å²) in [6.07, 6.45) is 6.73. The van der Waals surface area contributed by atoms with Crippen molar-refractivity contribution in [2.45, 2.75) is 30.7 Å². The fraction of sp³-hybridized carbons (Fsp3) is 0.400. The second-order valence-corrected chi connectivity index (χ2v) is 5.37. The maximum atomic E-state index is 7.49. The molecule has 94 valence electrons. The van der Waals surface area contributed by atoms with E-state index in [-0.39, 0.29) is 5.41 Å². The molecule has 2 aliphatic rings.